The quantitative estimate of drug-likeness (QED) is 0.681. The van der Waals surface area contributed by atoms with Crippen LogP contribution in [0.3, 0.4) is 0 Å². The average Bonchev–Trinajstić information content (AvgIpc) is 2.80. The summed E-state index contributed by atoms with van der Waals surface area (Å²) in [6.07, 6.45) is 6.79. The van der Waals surface area contributed by atoms with E-state index >= 15 is 0 Å². The van der Waals surface area contributed by atoms with Crippen LogP contribution in [0.2, 0.25) is 0 Å². The van der Waals surface area contributed by atoms with Gasteiger partial charge in [0.2, 0.25) is 0 Å². The molecular formula is C25H36N4O2S. The number of pyridine rings is 1. The van der Waals surface area contributed by atoms with Crippen molar-refractivity contribution >= 4 is 17.6 Å². The van der Waals surface area contributed by atoms with Gasteiger partial charge in [0.15, 0.2) is 11.6 Å². The Morgan fingerprint density at radius 3 is 2.69 bits per heavy atom. The van der Waals surface area contributed by atoms with Crippen molar-refractivity contribution in [3.63, 3.8) is 0 Å². The minimum absolute atomic E-state index is 0.0536. The number of piperazine rings is 1. The molecule has 1 aromatic carbocycles. The molecule has 7 heteroatoms. The van der Waals surface area contributed by atoms with E-state index < -0.39 is 0 Å². The van der Waals surface area contributed by atoms with E-state index in [0.717, 1.165) is 65.9 Å². The molecule has 1 saturated carbocycles. The number of benzene rings is 1. The maximum absolute atomic E-state index is 9.46. The first kappa shape index (κ1) is 23.4. The zero-order valence-corrected chi connectivity index (χ0v) is 20.4. The molecule has 2 aromatic rings. The van der Waals surface area contributed by atoms with Gasteiger partial charge < -0.3 is 24.5 Å². The highest BCUT2D eigenvalue weighted by Crippen LogP contribution is 2.37. The van der Waals surface area contributed by atoms with Crippen LogP contribution in [0.15, 0.2) is 46.3 Å². The molecule has 1 aliphatic carbocycles. The molecule has 6 nitrogen and oxygen atoms in total. The van der Waals surface area contributed by atoms with Gasteiger partial charge in [0, 0.05) is 48.2 Å². The number of aromatic nitrogens is 1. The maximum atomic E-state index is 9.46. The van der Waals surface area contributed by atoms with E-state index in [1.807, 2.05) is 24.4 Å². The van der Waals surface area contributed by atoms with Crippen LogP contribution >= 0.6 is 11.8 Å². The molecule has 1 N–H and O–H groups in total. The summed E-state index contributed by atoms with van der Waals surface area (Å²) in [7, 11) is 6.51. The molecule has 1 saturated heterocycles. The van der Waals surface area contributed by atoms with Crippen LogP contribution in [0.25, 0.3) is 0 Å². The second kappa shape index (κ2) is 10.9. The van der Waals surface area contributed by atoms with Crippen molar-refractivity contribution in [1.29, 1.82) is 0 Å². The van der Waals surface area contributed by atoms with E-state index in [2.05, 4.69) is 48.0 Å². The maximum Gasteiger partial charge on any atom is 0.171 e. The number of hydrogen-bond donors (Lipinski definition) is 1. The third-order valence-electron chi connectivity index (χ3n) is 6.55. The van der Waals surface area contributed by atoms with Gasteiger partial charge in [0.1, 0.15) is 6.10 Å². The van der Waals surface area contributed by atoms with Gasteiger partial charge in [0.05, 0.1) is 6.61 Å². The molecule has 1 aliphatic heterocycles. The first-order valence-electron chi connectivity index (χ1n) is 11.7. The molecule has 174 valence electrons. The van der Waals surface area contributed by atoms with Gasteiger partial charge in [-0.15, -0.1) is 0 Å². The number of aliphatic hydroxyl groups excluding tert-OH is 1. The molecule has 0 spiro atoms. The van der Waals surface area contributed by atoms with Crippen LogP contribution in [0, 0.1) is 0 Å². The molecule has 32 heavy (non-hydrogen) atoms. The molecule has 0 radical (unpaired) electrons. The molecule has 2 aliphatic rings. The molecule has 2 unspecified atom stereocenters. The average molecular weight is 457 g/mol. The lowest BCUT2D eigenvalue weighted by Crippen LogP contribution is -2.45. The van der Waals surface area contributed by atoms with Gasteiger partial charge in [-0.2, -0.15) is 0 Å². The third kappa shape index (κ3) is 5.95. The van der Waals surface area contributed by atoms with Gasteiger partial charge in [0.25, 0.3) is 0 Å². The minimum atomic E-state index is 0.0536. The zero-order chi connectivity index (χ0) is 22.5. The fourth-order valence-corrected chi connectivity index (χ4v) is 5.44. The highest BCUT2D eigenvalue weighted by atomic mass is 32.2. The molecule has 2 fully saturated rings. The number of nitrogens with zero attached hydrogens (tertiary/aromatic N) is 4. The number of likely N-dealkylation sites (N-methyl/N-ethyl adjacent to an activating group) is 1. The Balaban J connectivity index is 1.57. The lowest BCUT2D eigenvalue weighted by molar-refractivity contribution is 0.1000. The fourth-order valence-electron chi connectivity index (χ4n) is 4.54. The van der Waals surface area contributed by atoms with Crippen molar-refractivity contribution in [3.05, 3.63) is 42.1 Å². The molecule has 2 atom stereocenters. The van der Waals surface area contributed by atoms with Gasteiger partial charge in [-0.05, 0) is 70.6 Å². The van der Waals surface area contributed by atoms with Crippen LogP contribution < -0.4 is 9.64 Å². The van der Waals surface area contributed by atoms with Crippen LogP contribution in [0.4, 0.5) is 5.82 Å². The van der Waals surface area contributed by atoms with Crippen molar-refractivity contribution < 1.29 is 9.84 Å². The predicted molar refractivity (Wildman–Crippen MR) is 131 cm³/mol. The number of aliphatic hydroxyl groups is 1. The molecule has 0 bridgehead atoms. The number of hydrogen-bond acceptors (Lipinski definition) is 7. The van der Waals surface area contributed by atoms with E-state index in [-0.39, 0.29) is 12.7 Å². The van der Waals surface area contributed by atoms with Gasteiger partial charge in [-0.25, -0.2) is 4.98 Å². The second-order valence-corrected chi connectivity index (χ2v) is 10.4. The van der Waals surface area contributed by atoms with Crippen molar-refractivity contribution in [2.75, 3.05) is 52.2 Å². The SMILES string of the molecule is CN1CCN(c2ncc(Sc3cccc(CO)c3)cc2OC2CCCC(N(C)C)C2)CC1. The second-order valence-electron chi connectivity index (χ2n) is 9.21. The Morgan fingerprint density at radius 1 is 1.12 bits per heavy atom. The summed E-state index contributed by atoms with van der Waals surface area (Å²) in [5.41, 5.74) is 0.922. The third-order valence-corrected chi connectivity index (χ3v) is 7.50. The molecule has 0 amide bonds. The van der Waals surface area contributed by atoms with Crippen molar-refractivity contribution in [2.24, 2.45) is 0 Å². The van der Waals surface area contributed by atoms with Crippen LogP contribution in [0.5, 0.6) is 5.75 Å². The first-order chi connectivity index (χ1) is 15.5. The smallest absolute Gasteiger partial charge is 0.171 e. The normalized spacial score (nSPS) is 22.3. The zero-order valence-electron chi connectivity index (χ0n) is 19.5. The number of rotatable bonds is 7. The summed E-state index contributed by atoms with van der Waals surface area (Å²) in [6, 6.07) is 10.8. The molecule has 4 rings (SSSR count). The van der Waals surface area contributed by atoms with Gasteiger partial charge in [-0.3, -0.25) is 0 Å². The Bertz CT molecular complexity index is 886. The Hall–Kier alpha value is -1.80. The van der Waals surface area contributed by atoms with Crippen LogP contribution in [0.1, 0.15) is 31.2 Å². The van der Waals surface area contributed by atoms with Crippen LogP contribution in [-0.4, -0.2) is 79.4 Å². The van der Waals surface area contributed by atoms with E-state index in [4.69, 9.17) is 9.72 Å². The predicted octanol–water partition coefficient (Wildman–Crippen LogP) is 3.73. The summed E-state index contributed by atoms with van der Waals surface area (Å²) in [6.45, 7) is 4.07. The van der Waals surface area contributed by atoms with E-state index in [1.54, 1.807) is 11.8 Å². The number of anilines is 1. The molecule has 1 aromatic heterocycles. The minimum Gasteiger partial charge on any atom is -0.486 e. The summed E-state index contributed by atoms with van der Waals surface area (Å²) in [5.74, 6) is 1.88. The molecule has 2 heterocycles. The van der Waals surface area contributed by atoms with Crippen molar-refractivity contribution in [3.8, 4) is 5.75 Å². The fraction of sp³-hybridized carbons (Fsp3) is 0.560. The summed E-state index contributed by atoms with van der Waals surface area (Å²) < 4.78 is 6.67. The summed E-state index contributed by atoms with van der Waals surface area (Å²) in [5, 5.41) is 9.46. The highest BCUT2D eigenvalue weighted by Gasteiger charge is 2.27. The largest absolute Gasteiger partial charge is 0.486 e. The Kier molecular flexibility index (Phi) is 7.94. The summed E-state index contributed by atoms with van der Waals surface area (Å²) in [4.78, 5) is 14.1. The number of ether oxygens (including phenoxy) is 1. The first-order valence-corrected chi connectivity index (χ1v) is 12.5. The highest BCUT2D eigenvalue weighted by molar-refractivity contribution is 7.99. The lowest BCUT2D eigenvalue weighted by atomic mass is 9.92. The van der Waals surface area contributed by atoms with E-state index in [1.165, 1.54) is 12.8 Å². The van der Waals surface area contributed by atoms with Crippen molar-refractivity contribution in [1.82, 2.24) is 14.8 Å². The monoisotopic (exact) mass is 456 g/mol. The van der Waals surface area contributed by atoms with E-state index in [0.29, 0.717) is 6.04 Å². The molecular weight excluding hydrogens is 420 g/mol. The Morgan fingerprint density at radius 2 is 1.94 bits per heavy atom. The Labute approximate surface area is 196 Å². The summed E-state index contributed by atoms with van der Waals surface area (Å²) >= 11 is 1.67. The lowest BCUT2D eigenvalue weighted by Gasteiger charge is -2.36. The van der Waals surface area contributed by atoms with Crippen LogP contribution in [-0.2, 0) is 6.61 Å². The van der Waals surface area contributed by atoms with Gasteiger partial charge >= 0.3 is 0 Å². The van der Waals surface area contributed by atoms with Crippen molar-refractivity contribution in [2.45, 2.75) is 54.2 Å². The van der Waals surface area contributed by atoms with E-state index in [9.17, 15) is 5.11 Å². The standard InChI is InChI=1S/C25H36N4O2S/c1-27(2)20-7-5-8-21(15-20)31-24-16-23(32-22-9-4-6-19(14-22)18-30)17-26-25(24)29-12-10-28(3)11-13-29/h4,6,9,14,16-17,20-21,30H,5,7-8,10-13,15,18H2,1-3H3. The topological polar surface area (TPSA) is 52.1 Å². The van der Waals surface area contributed by atoms with Gasteiger partial charge in [-0.1, -0.05) is 23.9 Å².